The molecule has 6 nitrogen and oxygen atoms in total. The van der Waals surface area contributed by atoms with Crippen molar-refractivity contribution in [2.24, 2.45) is 0 Å². The molecule has 0 N–H and O–H groups in total. The largest absolute Gasteiger partial charge is 1.00 e. The van der Waals surface area contributed by atoms with Gasteiger partial charge in [-0.15, -0.1) is 0 Å². The molecule has 0 radical (unpaired) electrons. The molecule has 0 aromatic rings. The van der Waals surface area contributed by atoms with Crippen LogP contribution in [-0.4, -0.2) is 37.4 Å². The van der Waals surface area contributed by atoms with Gasteiger partial charge in [0.2, 0.25) is 0 Å². The maximum absolute atomic E-state index is 10.4. The van der Waals surface area contributed by atoms with E-state index >= 15 is 0 Å². The Morgan fingerprint density at radius 2 is 0.413 bits per heavy atom. The molecule has 0 spiro atoms. The molecule has 0 unspecified atom stereocenters. The van der Waals surface area contributed by atoms with E-state index < -0.39 is 20.2 Å². The van der Waals surface area contributed by atoms with Gasteiger partial charge in [-0.2, -0.15) is 0 Å². The Hall–Kier alpha value is 1.82. The van der Waals surface area contributed by atoms with Gasteiger partial charge < -0.3 is 9.11 Å². The van der Waals surface area contributed by atoms with E-state index in [9.17, 15) is 25.9 Å². The van der Waals surface area contributed by atoms with Crippen LogP contribution in [0.5, 0.6) is 0 Å². The summed E-state index contributed by atoms with van der Waals surface area (Å²) in [4.78, 5) is 0. The Labute approximate surface area is 333 Å². The van der Waals surface area contributed by atoms with Gasteiger partial charge in [-0.05, 0) is 12.8 Å². The van der Waals surface area contributed by atoms with E-state index in [2.05, 4.69) is 13.8 Å². The summed E-state index contributed by atoms with van der Waals surface area (Å²) >= 11 is 0. The van der Waals surface area contributed by atoms with Crippen molar-refractivity contribution in [3.8, 4) is 0 Å². The van der Waals surface area contributed by atoms with Crippen molar-refractivity contribution in [1.82, 2.24) is 0 Å². The second kappa shape index (κ2) is 43.0. The molecular weight excluding hydrogens is 639 g/mol. The maximum atomic E-state index is 10.4. The minimum absolute atomic E-state index is 0. The van der Waals surface area contributed by atoms with E-state index in [-0.39, 0.29) is 70.6 Å². The van der Waals surface area contributed by atoms with E-state index in [4.69, 9.17) is 0 Å². The van der Waals surface area contributed by atoms with Gasteiger partial charge >= 0.3 is 59.1 Å². The summed E-state index contributed by atoms with van der Waals surface area (Å²) in [5.41, 5.74) is 0. The quantitative estimate of drug-likeness (QED) is 0.0488. The van der Waals surface area contributed by atoms with E-state index in [0.717, 1.165) is 25.7 Å². The Morgan fingerprint density at radius 1 is 0.283 bits per heavy atom. The van der Waals surface area contributed by atoms with Crippen LogP contribution in [0.4, 0.5) is 0 Å². The molecule has 0 atom stereocenters. The van der Waals surface area contributed by atoms with E-state index in [0.29, 0.717) is 12.8 Å². The van der Waals surface area contributed by atoms with Gasteiger partial charge in [0.25, 0.3) is 0 Å². The van der Waals surface area contributed by atoms with Crippen molar-refractivity contribution in [2.75, 3.05) is 11.5 Å². The molecule has 0 aliphatic carbocycles. The molecule has 0 amide bonds. The van der Waals surface area contributed by atoms with Crippen LogP contribution in [0.3, 0.4) is 0 Å². The van der Waals surface area contributed by atoms with Crippen LogP contribution in [0.2, 0.25) is 0 Å². The normalized spacial score (nSPS) is 11.4. The average Bonchev–Trinajstić information content (AvgIpc) is 2.96. The Kier molecular flexibility index (Phi) is 51.0. The molecule has 0 saturated heterocycles. The molecule has 46 heavy (non-hydrogen) atoms. The first-order valence-electron chi connectivity index (χ1n) is 19.0. The van der Waals surface area contributed by atoms with Crippen molar-refractivity contribution in [2.45, 2.75) is 219 Å². The van der Waals surface area contributed by atoms with Crippen molar-refractivity contribution in [3.63, 3.8) is 0 Å². The van der Waals surface area contributed by atoms with E-state index in [1.165, 1.54) is 167 Å². The van der Waals surface area contributed by atoms with Crippen LogP contribution in [-0.2, 0) is 20.2 Å². The second-order valence-electron chi connectivity index (χ2n) is 13.1. The topological polar surface area (TPSA) is 114 Å². The summed E-state index contributed by atoms with van der Waals surface area (Å²) in [6, 6.07) is 0. The summed E-state index contributed by atoms with van der Waals surface area (Å²) in [5, 5.41) is 0. The van der Waals surface area contributed by atoms with Gasteiger partial charge in [0, 0.05) is 11.5 Å². The Balaban J connectivity index is -0.000000367. The van der Waals surface area contributed by atoms with Crippen molar-refractivity contribution >= 4 is 20.2 Å². The average molecular weight is 713 g/mol. The summed E-state index contributed by atoms with van der Waals surface area (Å²) in [6.07, 6.45) is 40.1. The van der Waals surface area contributed by atoms with E-state index in [1.54, 1.807) is 0 Å². The molecule has 0 rings (SSSR count). The number of hydrogen-bond donors (Lipinski definition) is 0. The fourth-order valence-electron chi connectivity index (χ4n) is 5.65. The van der Waals surface area contributed by atoms with Gasteiger partial charge in [0.15, 0.2) is 0 Å². The van der Waals surface area contributed by atoms with Gasteiger partial charge in [-0.1, -0.05) is 206 Å². The molecule has 0 fully saturated rings. The van der Waals surface area contributed by atoms with E-state index in [1.807, 2.05) is 0 Å². The molecule has 0 saturated carbocycles. The summed E-state index contributed by atoms with van der Waals surface area (Å²) < 4.78 is 62.5. The fraction of sp³-hybridized carbons (Fsp3) is 1.00. The molecule has 0 aliphatic rings. The zero-order valence-corrected chi connectivity index (χ0v) is 36.9. The van der Waals surface area contributed by atoms with Crippen LogP contribution in [0.15, 0.2) is 0 Å². The molecule has 0 heterocycles. The second-order valence-corrected chi connectivity index (χ2v) is 16.2. The first-order valence-corrected chi connectivity index (χ1v) is 22.1. The predicted octanol–water partition coefficient (Wildman–Crippen LogP) is 5.59. The summed E-state index contributed by atoms with van der Waals surface area (Å²) in [7, 11) is -7.99. The van der Waals surface area contributed by atoms with Gasteiger partial charge in [0.05, 0.1) is 20.2 Å². The smallest absolute Gasteiger partial charge is 0.748 e. The third-order valence-corrected chi connectivity index (χ3v) is 10.1. The Bertz CT molecular complexity index is 700. The minimum Gasteiger partial charge on any atom is -0.748 e. The third kappa shape index (κ3) is 58.0. The van der Waals surface area contributed by atoms with Crippen molar-refractivity contribution < 1.29 is 85.1 Å². The minimum atomic E-state index is -3.99. The summed E-state index contributed by atoms with van der Waals surface area (Å²) in [5.74, 6) is -0.378. The van der Waals surface area contributed by atoms with Crippen molar-refractivity contribution in [1.29, 1.82) is 0 Å². The first kappa shape index (κ1) is 54.6. The van der Waals surface area contributed by atoms with Crippen LogP contribution < -0.4 is 59.1 Å². The number of hydrogen-bond acceptors (Lipinski definition) is 6. The SMILES string of the molecule is CCCCCCCCCCCCCCCCCCS(=O)(=O)[O-].CCCCCCCCCCCCCCCCCCS(=O)(=O)[O-].[Na+].[Na+]. The zero-order chi connectivity index (χ0) is 33.0. The first-order chi connectivity index (χ1) is 21.1. The third-order valence-electron chi connectivity index (χ3n) is 8.50. The fourth-order valence-corrected chi connectivity index (χ4v) is 6.77. The molecule has 10 heteroatoms. The molecule has 0 aromatic heterocycles. The maximum Gasteiger partial charge on any atom is 1.00 e. The molecule has 0 bridgehead atoms. The van der Waals surface area contributed by atoms with Crippen LogP contribution in [0.25, 0.3) is 0 Å². The number of unbranched alkanes of at least 4 members (excludes halogenated alkanes) is 30. The number of rotatable bonds is 34. The van der Waals surface area contributed by atoms with Crippen LogP contribution >= 0.6 is 0 Å². The van der Waals surface area contributed by atoms with Gasteiger partial charge in [-0.25, -0.2) is 16.8 Å². The Morgan fingerprint density at radius 3 is 0.543 bits per heavy atom. The summed E-state index contributed by atoms with van der Waals surface area (Å²) in [6.45, 7) is 4.52. The molecule has 0 aromatic carbocycles. The standard InChI is InChI=1S/2C18H38O3S.2Na/c2*1-2-3-4-5-6-7-8-9-10-11-12-13-14-15-16-17-18-22(19,20)21;;/h2*2-18H2,1H3,(H,19,20,21);;/q;;2*+1/p-2. The zero-order valence-electron chi connectivity index (χ0n) is 31.3. The predicted molar refractivity (Wildman–Crippen MR) is 188 cm³/mol. The molecular formula is C36H74Na2O6S2. The van der Waals surface area contributed by atoms with Crippen molar-refractivity contribution in [3.05, 3.63) is 0 Å². The monoisotopic (exact) mass is 712 g/mol. The van der Waals surface area contributed by atoms with Gasteiger partial charge in [-0.3, -0.25) is 0 Å². The molecule has 0 aliphatic heterocycles. The van der Waals surface area contributed by atoms with Crippen LogP contribution in [0, 0.1) is 0 Å². The van der Waals surface area contributed by atoms with Crippen LogP contribution in [0.1, 0.15) is 219 Å². The molecule has 268 valence electrons. The van der Waals surface area contributed by atoms with Gasteiger partial charge in [0.1, 0.15) is 0 Å².